The molecule has 1 heterocycles. The van der Waals surface area contributed by atoms with E-state index in [4.69, 9.17) is 5.73 Å². The van der Waals surface area contributed by atoms with Gasteiger partial charge in [0.1, 0.15) is 0 Å². The molecule has 0 saturated heterocycles. The number of nitrogens with zero attached hydrogens (tertiary/aromatic N) is 1. The number of amides is 2. The lowest BCUT2D eigenvalue weighted by atomic mass is 10.3. The fraction of sp³-hybridized carbons (Fsp3) is 0.267. The van der Waals surface area contributed by atoms with Gasteiger partial charge in [0.2, 0.25) is 0 Å². The van der Waals surface area contributed by atoms with Crippen molar-refractivity contribution in [1.82, 2.24) is 4.90 Å². The molecule has 0 radical (unpaired) electrons. The van der Waals surface area contributed by atoms with Gasteiger partial charge in [0.15, 0.2) is 0 Å². The highest BCUT2D eigenvalue weighted by molar-refractivity contribution is 7.09. The van der Waals surface area contributed by atoms with Crippen molar-refractivity contribution in [1.29, 1.82) is 0 Å². The van der Waals surface area contributed by atoms with E-state index in [2.05, 4.69) is 5.32 Å². The molecular weight excluding hydrogens is 270 g/mol. The molecule has 0 spiro atoms. The normalized spacial score (nSPS) is 10.6. The van der Waals surface area contributed by atoms with E-state index in [9.17, 15) is 4.79 Å². The minimum Gasteiger partial charge on any atom is -0.399 e. The van der Waals surface area contributed by atoms with Crippen molar-refractivity contribution in [3.63, 3.8) is 0 Å². The van der Waals surface area contributed by atoms with E-state index in [0.717, 1.165) is 5.69 Å². The van der Waals surface area contributed by atoms with E-state index >= 15 is 0 Å². The second kappa shape index (κ2) is 6.43. The Balaban J connectivity index is 2.05. The zero-order valence-corrected chi connectivity index (χ0v) is 12.5. The number of benzene rings is 1. The number of thiophene rings is 1. The van der Waals surface area contributed by atoms with Gasteiger partial charge in [-0.1, -0.05) is 6.07 Å². The highest BCUT2D eigenvalue weighted by Crippen LogP contribution is 2.16. The summed E-state index contributed by atoms with van der Waals surface area (Å²) in [6.45, 7) is 4.64. The summed E-state index contributed by atoms with van der Waals surface area (Å²) >= 11 is 1.66. The topological polar surface area (TPSA) is 58.4 Å². The molecule has 1 aromatic heterocycles. The van der Waals surface area contributed by atoms with Crippen molar-refractivity contribution in [2.75, 3.05) is 11.1 Å². The molecular formula is C15H19N3OS. The summed E-state index contributed by atoms with van der Waals surface area (Å²) in [7, 11) is 0. The number of anilines is 2. The standard InChI is InChI=1S/C15H19N3OS/c1-11(2)18(10-14-4-3-9-20-14)15(19)17-13-7-5-12(16)6-8-13/h3-9,11H,10,16H2,1-2H3,(H,17,19). The average molecular weight is 289 g/mol. The number of urea groups is 1. The van der Waals surface area contributed by atoms with Gasteiger partial charge in [-0.2, -0.15) is 0 Å². The molecule has 4 nitrogen and oxygen atoms in total. The Labute approximate surface area is 123 Å². The first-order valence-electron chi connectivity index (χ1n) is 6.52. The van der Waals surface area contributed by atoms with Crippen LogP contribution < -0.4 is 11.1 Å². The fourth-order valence-corrected chi connectivity index (χ4v) is 2.52. The van der Waals surface area contributed by atoms with Gasteiger partial charge in [-0.15, -0.1) is 11.3 Å². The van der Waals surface area contributed by atoms with Crippen molar-refractivity contribution in [2.45, 2.75) is 26.4 Å². The highest BCUT2D eigenvalue weighted by Gasteiger charge is 2.17. The summed E-state index contributed by atoms with van der Waals surface area (Å²) in [5, 5.41) is 4.92. The van der Waals surface area contributed by atoms with Crippen molar-refractivity contribution < 1.29 is 4.79 Å². The second-order valence-corrected chi connectivity index (χ2v) is 5.89. The highest BCUT2D eigenvalue weighted by atomic mass is 32.1. The SMILES string of the molecule is CC(C)N(Cc1cccs1)C(=O)Nc1ccc(N)cc1. The largest absolute Gasteiger partial charge is 0.399 e. The van der Waals surface area contributed by atoms with Crippen LogP contribution in [0.15, 0.2) is 41.8 Å². The van der Waals surface area contributed by atoms with E-state index < -0.39 is 0 Å². The lowest BCUT2D eigenvalue weighted by Crippen LogP contribution is -2.39. The van der Waals surface area contributed by atoms with Gasteiger partial charge < -0.3 is 16.0 Å². The van der Waals surface area contributed by atoms with Crippen LogP contribution in [0, 0.1) is 0 Å². The molecule has 2 amide bonds. The zero-order valence-electron chi connectivity index (χ0n) is 11.7. The molecule has 0 fully saturated rings. The molecule has 0 aliphatic rings. The van der Waals surface area contributed by atoms with Gasteiger partial charge in [-0.3, -0.25) is 0 Å². The number of rotatable bonds is 4. The maximum Gasteiger partial charge on any atom is 0.322 e. The minimum absolute atomic E-state index is 0.0989. The van der Waals surface area contributed by atoms with Crippen LogP contribution in [-0.4, -0.2) is 17.0 Å². The van der Waals surface area contributed by atoms with Gasteiger partial charge >= 0.3 is 6.03 Å². The zero-order chi connectivity index (χ0) is 14.5. The minimum atomic E-state index is -0.0989. The summed E-state index contributed by atoms with van der Waals surface area (Å²) in [6, 6.07) is 11.2. The van der Waals surface area contributed by atoms with E-state index in [1.54, 1.807) is 35.6 Å². The second-order valence-electron chi connectivity index (χ2n) is 4.85. The molecule has 5 heteroatoms. The lowest BCUT2D eigenvalue weighted by Gasteiger charge is -2.26. The van der Waals surface area contributed by atoms with Crippen LogP contribution in [0.3, 0.4) is 0 Å². The third-order valence-electron chi connectivity index (χ3n) is 2.95. The third-order valence-corrected chi connectivity index (χ3v) is 3.81. The van der Waals surface area contributed by atoms with E-state index in [1.165, 1.54) is 4.88 Å². The Morgan fingerprint density at radius 2 is 2.00 bits per heavy atom. The Morgan fingerprint density at radius 1 is 1.30 bits per heavy atom. The van der Waals surface area contributed by atoms with Crippen LogP contribution in [0.4, 0.5) is 16.2 Å². The molecule has 0 atom stereocenters. The number of nitrogen functional groups attached to an aromatic ring is 1. The van der Waals surface area contributed by atoms with E-state index in [1.807, 2.05) is 36.3 Å². The summed E-state index contributed by atoms with van der Waals surface area (Å²) in [5.74, 6) is 0. The molecule has 20 heavy (non-hydrogen) atoms. The first kappa shape index (κ1) is 14.4. The van der Waals surface area contributed by atoms with Crippen LogP contribution in [0.2, 0.25) is 0 Å². The Morgan fingerprint density at radius 3 is 2.55 bits per heavy atom. The maximum atomic E-state index is 12.4. The number of nitrogens with one attached hydrogen (secondary N) is 1. The smallest absolute Gasteiger partial charge is 0.322 e. The number of carbonyl (C=O) groups excluding carboxylic acids is 1. The summed E-state index contributed by atoms with van der Waals surface area (Å²) < 4.78 is 0. The van der Waals surface area contributed by atoms with Crippen molar-refractivity contribution in [3.8, 4) is 0 Å². The molecule has 106 valence electrons. The lowest BCUT2D eigenvalue weighted by molar-refractivity contribution is 0.194. The number of nitrogens with two attached hydrogens (primary N) is 1. The van der Waals surface area contributed by atoms with Crippen LogP contribution in [-0.2, 0) is 6.54 Å². The Hall–Kier alpha value is -2.01. The van der Waals surface area contributed by atoms with Crippen LogP contribution in [0.25, 0.3) is 0 Å². The van der Waals surface area contributed by atoms with Crippen molar-refractivity contribution in [3.05, 3.63) is 46.7 Å². The first-order chi connectivity index (χ1) is 9.56. The first-order valence-corrected chi connectivity index (χ1v) is 7.40. The quantitative estimate of drug-likeness (QED) is 0.842. The summed E-state index contributed by atoms with van der Waals surface area (Å²) in [4.78, 5) is 15.3. The molecule has 3 N–H and O–H groups in total. The third kappa shape index (κ3) is 3.74. The summed E-state index contributed by atoms with van der Waals surface area (Å²) in [5.41, 5.74) is 7.07. The predicted molar refractivity (Wildman–Crippen MR) is 84.9 cm³/mol. The van der Waals surface area contributed by atoms with Gasteiger partial charge in [-0.25, -0.2) is 4.79 Å². The molecule has 2 rings (SSSR count). The molecule has 0 aliphatic heterocycles. The molecule has 0 bridgehead atoms. The van der Waals surface area contributed by atoms with E-state index in [0.29, 0.717) is 12.2 Å². The van der Waals surface area contributed by atoms with Crippen LogP contribution in [0.1, 0.15) is 18.7 Å². The van der Waals surface area contributed by atoms with Gasteiger partial charge in [0.25, 0.3) is 0 Å². The number of hydrogen-bond donors (Lipinski definition) is 2. The van der Waals surface area contributed by atoms with Crippen molar-refractivity contribution in [2.24, 2.45) is 0 Å². The van der Waals surface area contributed by atoms with Crippen molar-refractivity contribution >= 4 is 28.7 Å². The molecule has 0 saturated carbocycles. The monoisotopic (exact) mass is 289 g/mol. The number of carbonyl (C=O) groups is 1. The maximum absolute atomic E-state index is 12.4. The summed E-state index contributed by atoms with van der Waals surface area (Å²) in [6.07, 6.45) is 0. The molecule has 1 aromatic carbocycles. The van der Waals surface area contributed by atoms with Gasteiger partial charge in [-0.05, 0) is 49.6 Å². The fourth-order valence-electron chi connectivity index (χ4n) is 1.82. The molecule has 2 aromatic rings. The molecule has 0 unspecified atom stereocenters. The predicted octanol–water partition coefficient (Wildman–Crippen LogP) is 3.77. The average Bonchev–Trinajstić information content (AvgIpc) is 2.91. The Bertz CT molecular complexity index is 549. The van der Waals surface area contributed by atoms with Crippen LogP contribution in [0.5, 0.6) is 0 Å². The van der Waals surface area contributed by atoms with E-state index in [-0.39, 0.29) is 12.1 Å². The van der Waals surface area contributed by atoms with Crippen LogP contribution >= 0.6 is 11.3 Å². The van der Waals surface area contributed by atoms with Gasteiger partial charge in [0, 0.05) is 22.3 Å². The molecule has 0 aliphatic carbocycles. The van der Waals surface area contributed by atoms with Gasteiger partial charge in [0.05, 0.1) is 6.54 Å². The Kier molecular flexibility index (Phi) is 4.63. The number of hydrogen-bond acceptors (Lipinski definition) is 3.